The lowest BCUT2D eigenvalue weighted by Crippen LogP contribution is -2.24. The molecule has 0 spiro atoms. The number of hydrogen-bond acceptors (Lipinski definition) is 8. The number of fused-ring (bicyclic) bond motifs is 1. The van der Waals surface area contributed by atoms with Crippen molar-refractivity contribution in [2.24, 2.45) is 7.05 Å². The molecule has 1 N–H and O–H groups in total. The van der Waals surface area contributed by atoms with Crippen molar-refractivity contribution >= 4 is 40.1 Å². The fourth-order valence-corrected chi connectivity index (χ4v) is 4.84. The SMILES string of the molecule is CC(=O)c1oc2ccccc2c1NC(=O)C(C)Sc1nnnn1-c1c(C)n(C)n(-c2ccccc2)c1=O. The summed E-state index contributed by atoms with van der Waals surface area (Å²) in [4.78, 5) is 38.7. The van der Waals surface area contributed by atoms with Crippen LogP contribution in [-0.2, 0) is 11.8 Å². The number of carbonyl (C=O) groups is 2. The Morgan fingerprint density at radius 2 is 1.78 bits per heavy atom. The largest absolute Gasteiger partial charge is 0.451 e. The highest BCUT2D eigenvalue weighted by molar-refractivity contribution is 8.00. The average Bonchev–Trinajstić information content (AvgIpc) is 3.55. The summed E-state index contributed by atoms with van der Waals surface area (Å²) in [5, 5.41) is 14.9. The van der Waals surface area contributed by atoms with Crippen molar-refractivity contribution in [2.45, 2.75) is 31.2 Å². The number of para-hydroxylation sites is 2. The highest BCUT2D eigenvalue weighted by Gasteiger charge is 2.26. The first kappa shape index (κ1) is 24.3. The van der Waals surface area contributed by atoms with Crippen LogP contribution in [0.15, 0.2) is 69.0 Å². The molecule has 3 aromatic heterocycles. The summed E-state index contributed by atoms with van der Waals surface area (Å²) in [6, 6.07) is 16.3. The van der Waals surface area contributed by atoms with Gasteiger partial charge in [0.05, 0.1) is 22.3 Å². The Hall–Kier alpha value is -4.45. The summed E-state index contributed by atoms with van der Waals surface area (Å²) >= 11 is 1.09. The number of tetrazole rings is 1. The third kappa shape index (κ3) is 4.25. The molecule has 1 amide bonds. The first-order valence-corrected chi connectivity index (χ1v) is 12.3. The van der Waals surface area contributed by atoms with Gasteiger partial charge in [-0.15, -0.1) is 5.10 Å². The van der Waals surface area contributed by atoms with Crippen molar-refractivity contribution in [2.75, 3.05) is 5.32 Å². The Morgan fingerprint density at radius 1 is 1.08 bits per heavy atom. The maximum Gasteiger partial charge on any atom is 0.297 e. The van der Waals surface area contributed by atoms with Crippen molar-refractivity contribution in [1.29, 1.82) is 0 Å². The number of carbonyl (C=O) groups excluding carboxylic acids is 2. The molecule has 5 aromatic rings. The van der Waals surface area contributed by atoms with Gasteiger partial charge in [-0.25, -0.2) is 4.68 Å². The lowest BCUT2D eigenvalue weighted by Gasteiger charge is -2.11. The van der Waals surface area contributed by atoms with E-state index in [1.165, 1.54) is 16.3 Å². The first-order valence-electron chi connectivity index (χ1n) is 11.4. The fraction of sp³-hybridized carbons (Fsp3) is 0.200. The van der Waals surface area contributed by atoms with Gasteiger partial charge >= 0.3 is 0 Å². The molecule has 188 valence electrons. The van der Waals surface area contributed by atoms with Crippen LogP contribution in [0.4, 0.5) is 5.69 Å². The number of amides is 1. The number of Topliss-reactive ketones (excluding diaryl/α,β-unsaturated/α-hetero) is 1. The lowest BCUT2D eigenvalue weighted by molar-refractivity contribution is -0.115. The third-order valence-corrected chi connectivity index (χ3v) is 7.02. The van der Waals surface area contributed by atoms with Crippen LogP contribution in [0.25, 0.3) is 22.3 Å². The lowest BCUT2D eigenvalue weighted by atomic mass is 10.2. The van der Waals surface area contributed by atoms with E-state index in [2.05, 4.69) is 20.8 Å². The van der Waals surface area contributed by atoms with Gasteiger partial charge in [0.15, 0.2) is 17.2 Å². The van der Waals surface area contributed by atoms with Crippen LogP contribution < -0.4 is 10.9 Å². The number of nitrogens with one attached hydrogen (secondary N) is 1. The second kappa shape index (κ2) is 9.54. The minimum Gasteiger partial charge on any atom is -0.451 e. The fourth-order valence-electron chi connectivity index (χ4n) is 4.04. The summed E-state index contributed by atoms with van der Waals surface area (Å²) in [5.41, 5.74) is 2.16. The number of rotatable bonds is 7. The molecule has 5 rings (SSSR count). The van der Waals surface area contributed by atoms with Gasteiger partial charge in [0.2, 0.25) is 11.1 Å². The van der Waals surface area contributed by atoms with E-state index in [4.69, 9.17) is 4.42 Å². The molecule has 1 atom stereocenters. The molecule has 0 saturated heterocycles. The second-order valence-corrected chi connectivity index (χ2v) is 9.70. The van der Waals surface area contributed by atoms with Crippen LogP contribution in [0.2, 0.25) is 0 Å². The summed E-state index contributed by atoms with van der Waals surface area (Å²) in [7, 11) is 1.78. The monoisotopic (exact) mass is 517 g/mol. The molecule has 0 fully saturated rings. The predicted molar refractivity (Wildman–Crippen MR) is 139 cm³/mol. The summed E-state index contributed by atoms with van der Waals surface area (Å²) in [6.45, 7) is 4.87. The van der Waals surface area contributed by atoms with Gasteiger partial charge < -0.3 is 9.73 Å². The molecule has 37 heavy (non-hydrogen) atoms. The zero-order valence-electron chi connectivity index (χ0n) is 20.5. The van der Waals surface area contributed by atoms with Gasteiger partial charge in [-0.1, -0.05) is 42.1 Å². The van der Waals surface area contributed by atoms with Crippen LogP contribution in [0.1, 0.15) is 30.1 Å². The number of hydrogen-bond donors (Lipinski definition) is 1. The molecular weight excluding hydrogens is 494 g/mol. The van der Waals surface area contributed by atoms with Gasteiger partial charge in [0.1, 0.15) is 5.58 Å². The third-order valence-electron chi connectivity index (χ3n) is 5.99. The normalized spacial score (nSPS) is 12.1. The van der Waals surface area contributed by atoms with Crippen LogP contribution in [0.5, 0.6) is 0 Å². The smallest absolute Gasteiger partial charge is 0.297 e. The highest BCUT2D eigenvalue weighted by atomic mass is 32.2. The van der Waals surface area contributed by atoms with E-state index >= 15 is 0 Å². The topological polar surface area (TPSA) is 130 Å². The van der Waals surface area contributed by atoms with Crippen molar-refractivity contribution in [3.05, 3.63) is 76.4 Å². The van der Waals surface area contributed by atoms with E-state index in [-0.39, 0.29) is 33.9 Å². The van der Waals surface area contributed by atoms with Gasteiger partial charge in [0, 0.05) is 19.4 Å². The molecule has 0 saturated carbocycles. The van der Waals surface area contributed by atoms with E-state index in [9.17, 15) is 14.4 Å². The van der Waals surface area contributed by atoms with Crippen molar-refractivity contribution in [3.8, 4) is 11.4 Å². The number of ketones is 1. The highest BCUT2D eigenvalue weighted by Crippen LogP contribution is 2.32. The molecule has 0 aliphatic heterocycles. The van der Waals surface area contributed by atoms with Gasteiger partial charge in [-0.2, -0.15) is 4.68 Å². The van der Waals surface area contributed by atoms with Crippen LogP contribution in [0, 0.1) is 6.92 Å². The Bertz CT molecular complexity index is 1700. The maximum absolute atomic E-state index is 13.4. The number of thioether (sulfide) groups is 1. The zero-order chi connectivity index (χ0) is 26.3. The average molecular weight is 518 g/mol. The Morgan fingerprint density at radius 3 is 2.51 bits per heavy atom. The second-order valence-electron chi connectivity index (χ2n) is 8.39. The Balaban J connectivity index is 1.44. The first-order chi connectivity index (χ1) is 17.8. The molecule has 2 aromatic carbocycles. The van der Waals surface area contributed by atoms with Crippen molar-refractivity contribution < 1.29 is 14.0 Å². The summed E-state index contributed by atoms with van der Waals surface area (Å²) < 4.78 is 10.3. The Labute approximate surface area is 215 Å². The van der Waals surface area contributed by atoms with E-state index in [0.29, 0.717) is 28.0 Å². The zero-order valence-corrected chi connectivity index (χ0v) is 21.3. The quantitative estimate of drug-likeness (QED) is 0.256. The molecule has 0 aliphatic rings. The molecule has 0 aliphatic carbocycles. The minimum absolute atomic E-state index is 0.0814. The molecule has 12 heteroatoms. The number of anilines is 1. The number of benzene rings is 2. The van der Waals surface area contributed by atoms with Crippen LogP contribution in [0.3, 0.4) is 0 Å². The van der Waals surface area contributed by atoms with Gasteiger partial charge in [-0.3, -0.25) is 19.1 Å². The number of nitrogens with zero attached hydrogens (tertiary/aromatic N) is 6. The Kier molecular flexibility index (Phi) is 6.25. The predicted octanol–water partition coefficient (Wildman–Crippen LogP) is 3.53. The molecule has 11 nitrogen and oxygen atoms in total. The maximum atomic E-state index is 13.4. The van der Waals surface area contributed by atoms with Crippen LogP contribution >= 0.6 is 11.8 Å². The number of furan rings is 1. The molecule has 0 bridgehead atoms. The van der Waals surface area contributed by atoms with Crippen molar-refractivity contribution in [3.63, 3.8) is 0 Å². The van der Waals surface area contributed by atoms with E-state index in [1.807, 2.05) is 30.3 Å². The van der Waals surface area contributed by atoms with Crippen molar-refractivity contribution in [1.82, 2.24) is 29.6 Å². The van der Waals surface area contributed by atoms with Gasteiger partial charge in [-0.05, 0) is 48.5 Å². The molecule has 3 heterocycles. The van der Waals surface area contributed by atoms with E-state index in [0.717, 1.165) is 11.8 Å². The standard InChI is InChI=1S/C25H23N7O4S/c1-14-21(24(35)32(30(14)4)17-10-6-5-7-11-17)31-25(27-28-29-31)37-16(3)23(34)26-20-18-12-8-9-13-19(18)36-22(20)15(2)33/h5-13,16H,1-4H3,(H,26,34). The number of aromatic nitrogens is 6. The van der Waals surface area contributed by atoms with E-state index < -0.39 is 5.25 Å². The molecular formula is C25H23N7O4S. The van der Waals surface area contributed by atoms with Gasteiger partial charge in [0.25, 0.3) is 5.56 Å². The summed E-state index contributed by atoms with van der Waals surface area (Å²) in [5.74, 6) is -0.594. The molecule has 0 radical (unpaired) electrons. The van der Waals surface area contributed by atoms with Crippen LogP contribution in [-0.4, -0.2) is 46.5 Å². The minimum atomic E-state index is -0.668. The molecule has 1 unspecified atom stereocenters. The van der Waals surface area contributed by atoms with E-state index in [1.54, 1.807) is 49.8 Å². The summed E-state index contributed by atoms with van der Waals surface area (Å²) in [6.07, 6.45) is 0.